The average Bonchev–Trinajstić information content (AvgIpc) is 2.66. The fourth-order valence-electron chi connectivity index (χ4n) is 2.11. The maximum absolute atomic E-state index is 12.5. The third-order valence-electron chi connectivity index (χ3n) is 3.29. The highest BCUT2D eigenvalue weighted by molar-refractivity contribution is 9.10. The first-order chi connectivity index (χ1) is 13.8. The molecule has 3 N–H and O–H groups in total. The summed E-state index contributed by atoms with van der Waals surface area (Å²) in [4.78, 5) is 24.4. The Morgan fingerprint density at radius 1 is 1.14 bits per heavy atom. The van der Waals surface area contributed by atoms with Crippen molar-refractivity contribution in [3.05, 3.63) is 57.5 Å². The second kappa shape index (κ2) is 11.0. The minimum absolute atomic E-state index is 0.0865. The van der Waals surface area contributed by atoms with Crippen LogP contribution >= 0.6 is 39.7 Å². The van der Waals surface area contributed by atoms with Gasteiger partial charge in [0, 0.05) is 4.47 Å². The lowest BCUT2D eigenvalue weighted by atomic mass is 10.2. The molecule has 0 bridgehead atoms. The molecule has 0 aromatic heterocycles. The molecule has 0 heterocycles. The van der Waals surface area contributed by atoms with Crippen LogP contribution in [-0.4, -0.2) is 29.6 Å². The summed E-state index contributed by atoms with van der Waals surface area (Å²) < 4.78 is 11.7. The summed E-state index contributed by atoms with van der Waals surface area (Å²) in [6.45, 7) is 3.43. The van der Waals surface area contributed by atoms with Crippen LogP contribution in [0.4, 0.5) is 0 Å². The number of hydrazine groups is 1. The predicted octanol–water partition coefficient (Wildman–Crippen LogP) is 3.60. The van der Waals surface area contributed by atoms with Crippen molar-refractivity contribution >= 4 is 56.7 Å². The first kappa shape index (κ1) is 22.9. The normalized spacial score (nSPS) is 10.2. The van der Waals surface area contributed by atoms with Crippen LogP contribution in [0.15, 0.2) is 46.9 Å². The summed E-state index contributed by atoms with van der Waals surface area (Å²) in [5.74, 6) is -0.193. The molecule has 0 spiro atoms. The number of benzene rings is 2. The third-order valence-corrected chi connectivity index (χ3v) is 4.30. The number of carbonyl (C=O) groups excluding carboxylic acids is 2. The molecule has 2 aromatic rings. The molecule has 0 saturated carbocycles. The molecule has 0 aliphatic heterocycles. The minimum atomic E-state index is -0.507. The Morgan fingerprint density at radius 3 is 2.55 bits per heavy atom. The fraction of sp³-hybridized carbons (Fsp3) is 0.211. The summed E-state index contributed by atoms with van der Waals surface area (Å²) in [7, 11) is 0. The lowest BCUT2D eigenvalue weighted by molar-refractivity contribution is -0.123. The summed E-state index contributed by atoms with van der Waals surface area (Å²) in [5, 5.41) is 2.79. The Bertz CT molecular complexity index is 911. The van der Waals surface area contributed by atoms with Gasteiger partial charge in [0.25, 0.3) is 11.8 Å². The van der Waals surface area contributed by atoms with E-state index >= 15 is 0 Å². The van der Waals surface area contributed by atoms with E-state index in [2.05, 4.69) is 32.1 Å². The lowest BCUT2D eigenvalue weighted by Gasteiger charge is -2.15. The molecule has 0 unspecified atom stereocenters. The topological polar surface area (TPSA) is 88.7 Å². The van der Waals surface area contributed by atoms with Gasteiger partial charge in [0.15, 0.2) is 11.7 Å². The molecule has 29 heavy (non-hydrogen) atoms. The van der Waals surface area contributed by atoms with Gasteiger partial charge in [-0.25, -0.2) is 0 Å². The molecule has 2 rings (SSSR count). The molecule has 2 aromatic carbocycles. The van der Waals surface area contributed by atoms with Gasteiger partial charge in [-0.1, -0.05) is 39.7 Å². The van der Waals surface area contributed by atoms with Gasteiger partial charge < -0.3 is 9.47 Å². The van der Waals surface area contributed by atoms with E-state index in [1.165, 1.54) is 0 Å². The van der Waals surface area contributed by atoms with Gasteiger partial charge >= 0.3 is 0 Å². The Morgan fingerprint density at radius 2 is 1.86 bits per heavy atom. The van der Waals surface area contributed by atoms with Gasteiger partial charge in [-0.15, -0.1) is 0 Å². The number of rotatable bonds is 6. The van der Waals surface area contributed by atoms with E-state index in [4.69, 9.17) is 33.3 Å². The van der Waals surface area contributed by atoms with Gasteiger partial charge in [-0.05, 0) is 56.4 Å². The number of hydrogen-bond donors (Lipinski definition) is 3. The number of halogens is 2. The predicted molar refractivity (Wildman–Crippen MR) is 118 cm³/mol. The zero-order valence-corrected chi connectivity index (χ0v) is 18.8. The van der Waals surface area contributed by atoms with E-state index in [9.17, 15) is 9.59 Å². The van der Waals surface area contributed by atoms with E-state index in [1.807, 2.05) is 13.8 Å². The molecule has 10 heteroatoms. The zero-order valence-electron chi connectivity index (χ0n) is 15.6. The van der Waals surface area contributed by atoms with Gasteiger partial charge in [-0.2, -0.15) is 0 Å². The number of amides is 2. The summed E-state index contributed by atoms with van der Waals surface area (Å²) in [6.07, 6.45) is -0.106. The Hall–Kier alpha value is -2.36. The Labute approximate surface area is 187 Å². The van der Waals surface area contributed by atoms with E-state index in [0.717, 1.165) is 0 Å². The van der Waals surface area contributed by atoms with Crippen LogP contribution in [0.1, 0.15) is 24.2 Å². The van der Waals surface area contributed by atoms with Gasteiger partial charge in [0.2, 0.25) is 0 Å². The second-order valence-electron chi connectivity index (χ2n) is 5.98. The molecule has 0 aliphatic carbocycles. The molecular formula is C19H19BrClN3O4S. The van der Waals surface area contributed by atoms with Crippen LogP contribution in [0.3, 0.4) is 0 Å². The molecule has 0 radical (unpaired) electrons. The standard InChI is InChI=1S/C19H19BrClN3O4S/c1-11(2)28-15-8-7-12(20)9-13(15)18(26)22-19(29)24-23-17(25)10-27-16-6-4-3-5-14(16)21/h3-9,11H,10H2,1-2H3,(H,23,25)(H2,22,24,26,29). The highest BCUT2D eigenvalue weighted by Crippen LogP contribution is 2.24. The Kier molecular flexibility index (Phi) is 8.69. The number of hydrogen-bond acceptors (Lipinski definition) is 5. The molecule has 0 aliphatic rings. The highest BCUT2D eigenvalue weighted by Gasteiger charge is 2.16. The largest absolute Gasteiger partial charge is 0.490 e. The smallest absolute Gasteiger partial charge is 0.276 e. The number of para-hydroxylation sites is 1. The van der Waals surface area contributed by atoms with Crippen molar-refractivity contribution in [1.82, 2.24) is 16.2 Å². The van der Waals surface area contributed by atoms with Crippen LogP contribution in [0.2, 0.25) is 5.02 Å². The fourth-order valence-corrected chi connectivity index (χ4v) is 2.80. The van der Waals surface area contributed by atoms with Crippen molar-refractivity contribution in [1.29, 1.82) is 0 Å². The van der Waals surface area contributed by atoms with Gasteiger partial charge in [0.05, 0.1) is 16.7 Å². The molecule has 0 atom stereocenters. The van der Waals surface area contributed by atoms with Crippen molar-refractivity contribution in [2.75, 3.05) is 6.61 Å². The van der Waals surface area contributed by atoms with Crippen LogP contribution in [0, 0.1) is 0 Å². The third kappa shape index (κ3) is 7.52. The van der Waals surface area contributed by atoms with E-state index in [-0.39, 0.29) is 17.8 Å². The maximum Gasteiger partial charge on any atom is 0.276 e. The summed E-state index contributed by atoms with van der Waals surface area (Å²) >= 11 is 14.3. The van der Waals surface area contributed by atoms with Crippen molar-refractivity contribution in [3.8, 4) is 11.5 Å². The molecule has 0 fully saturated rings. The minimum Gasteiger partial charge on any atom is -0.490 e. The maximum atomic E-state index is 12.5. The van der Waals surface area contributed by atoms with Crippen LogP contribution in [0.5, 0.6) is 11.5 Å². The van der Waals surface area contributed by atoms with Crippen molar-refractivity contribution in [2.45, 2.75) is 20.0 Å². The summed E-state index contributed by atoms with van der Waals surface area (Å²) in [5.41, 5.74) is 5.07. The summed E-state index contributed by atoms with van der Waals surface area (Å²) in [6, 6.07) is 11.8. The van der Waals surface area contributed by atoms with Crippen molar-refractivity contribution < 1.29 is 19.1 Å². The number of carbonyl (C=O) groups is 2. The molecular weight excluding hydrogens is 482 g/mol. The number of nitrogens with one attached hydrogen (secondary N) is 3. The van der Waals surface area contributed by atoms with Gasteiger partial charge in [0.1, 0.15) is 11.5 Å². The van der Waals surface area contributed by atoms with Crippen LogP contribution in [-0.2, 0) is 4.79 Å². The van der Waals surface area contributed by atoms with E-state index in [1.54, 1.807) is 42.5 Å². The van der Waals surface area contributed by atoms with Crippen LogP contribution < -0.4 is 25.6 Å². The van der Waals surface area contributed by atoms with Crippen LogP contribution in [0.25, 0.3) is 0 Å². The molecule has 0 saturated heterocycles. The van der Waals surface area contributed by atoms with Crippen molar-refractivity contribution in [2.24, 2.45) is 0 Å². The second-order valence-corrected chi connectivity index (χ2v) is 7.71. The lowest BCUT2D eigenvalue weighted by Crippen LogP contribution is -2.49. The molecule has 2 amide bonds. The Balaban J connectivity index is 1.86. The SMILES string of the molecule is CC(C)Oc1ccc(Br)cc1C(=O)NC(=S)NNC(=O)COc1ccccc1Cl. The number of ether oxygens (including phenoxy) is 2. The molecule has 154 valence electrons. The molecule has 7 nitrogen and oxygen atoms in total. The monoisotopic (exact) mass is 499 g/mol. The zero-order chi connectivity index (χ0) is 21.4. The van der Waals surface area contributed by atoms with Gasteiger partial charge in [-0.3, -0.25) is 25.8 Å². The first-order valence-electron chi connectivity index (χ1n) is 8.50. The average molecular weight is 501 g/mol. The number of thiocarbonyl (C=S) groups is 1. The van der Waals surface area contributed by atoms with Crippen molar-refractivity contribution in [3.63, 3.8) is 0 Å². The van der Waals surface area contributed by atoms with E-state index in [0.29, 0.717) is 26.6 Å². The van der Waals surface area contributed by atoms with E-state index < -0.39 is 11.8 Å². The highest BCUT2D eigenvalue weighted by atomic mass is 79.9. The quantitative estimate of drug-likeness (QED) is 0.415. The first-order valence-corrected chi connectivity index (χ1v) is 10.1.